The summed E-state index contributed by atoms with van der Waals surface area (Å²) in [7, 11) is 0. The van der Waals surface area contributed by atoms with Crippen molar-refractivity contribution in [3.05, 3.63) is 0 Å². The van der Waals surface area contributed by atoms with Gasteiger partial charge in [-0.3, -0.25) is 4.79 Å². The normalized spacial score (nSPS) is 14.0. The Morgan fingerprint density at radius 3 is 2.58 bits per heavy atom. The largest absolute Gasteiger partial charge is 0.409 e. The molecule has 1 atom stereocenters. The van der Waals surface area contributed by atoms with Gasteiger partial charge in [-0.1, -0.05) is 12.1 Å². The lowest BCUT2D eigenvalue weighted by Gasteiger charge is -2.11. The van der Waals surface area contributed by atoms with Crippen molar-refractivity contribution < 1.29 is 10.0 Å². The van der Waals surface area contributed by atoms with Crippen molar-refractivity contribution in [3.8, 4) is 0 Å². The van der Waals surface area contributed by atoms with E-state index < -0.39 is 5.92 Å². The molecule has 0 saturated heterocycles. The number of hydrogen-bond donors (Lipinski definition) is 3. The van der Waals surface area contributed by atoms with Gasteiger partial charge in [-0.25, -0.2) is 0 Å². The molecule has 0 saturated carbocycles. The monoisotopic (exact) mass is 173 g/mol. The molecule has 5 heteroatoms. The Kier molecular flexibility index (Phi) is 4.83. The molecule has 0 radical (unpaired) electrons. The molecule has 0 rings (SSSR count). The molecular weight excluding hydrogens is 158 g/mol. The highest BCUT2D eigenvalue weighted by Crippen LogP contribution is 2.01. The second-order valence-electron chi connectivity index (χ2n) is 2.38. The Bertz CT molecular complexity index is 179. The molecule has 12 heavy (non-hydrogen) atoms. The van der Waals surface area contributed by atoms with Crippen LogP contribution in [0.5, 0.6) is 0 Å². The lowest BCUT2D eigenvalue weighted by atomic mass is 10.1. The smallest absolute Gasteiger partial charge is 0.230 e. The molecule has 0 aromatic heterocycles. The highest BCUT2D eigenvalue weighted by Gasteiger charge is 2.19. The van der Waals surface area contributed by atoms with E-state index in [1.54, 1.807) is 6.92 Å². The highest BCUT2D eigenvalue weighted by molar-refractivity contribution is 6.01. The molecule has 0 bridgehead atoms. The van der Waals surface area contributed by atoms with Crippen molar-refractivity contribution in [2.24, 2.45) is 16.8 Å². The number of carbonyl (C=O) groups excluding carboxylic acids is 1. The van der Waals surface area contributed by atoms with Crippen LogP contribution in [0, 0.1) is 5.92 Å². The molecule has 0 aliphatic heterocycles. The number of nitrogens with zero attached hydrogens (tertiary/aromatic N) is 1. The first kappa shape index (κ1) is 10.7. The van der Waals surface area contributed by atoms with E-state index in [0.717, 1.165) is 0 Å². The number of carbonyl (C=O) groups is 1. The number of hydrogen-bond acceptors (Lipinski definition) is 3. The standard InChI is InChI=1S/C7H15N3O2/c1-3-5(6(8)10-12)7(11)9-4-2/h5,12H,3-4H2,1-2H3,(H2,8,10)(H,9,11). The highest BCUT2D eigenvalue weighted by atomic mass is 16.4. The molecule has 0 aromatic rings. The van der Waals surface area contributed by atoms with Gasteiger partial charge >= 0.3 is 0 Å². The van der Waals surface area contributed by atoms with Gasteiger partial charge in [-0.15, -0.1) is 0 Å². The van der Waals surface area contributed by atoms with Gasteiger partial charge in [0.25, 0.3) is 0 Å². The predicted octanol–water partition coefficient (Wildman–Crippen LogP) is -0.105. The summed E-state index contributed by atoms with van der Waals surface area (Å²) in [6.45, 7) is 4.17. The van der Waals surface area contributed by atoms with Gasteiger partial charge in [0.2, 0.25) is 5.91 Å². The third kappa shape index (κ3) is 2.77. The molecule has 70 valence electrons. The maximum Gasteiger partial charge on any atom is 0.230 e. The quantitative estimate of drug-likeness (QED) is 0.240. The fraction of sp³-hybridized carbons (Fsp3) is 0.714. The number of nitrogens with two attached hydrogens (primary N) is 1. The van der Waals surface area contributed by atoms with Crippen molar-refractivity contribution in [3.63, 3.8) is 0 Å². The number of rotatable bonds is 4. The van der Waals surface area contributed by atoms with Crippen LogP contribution in [0.4, 0.5) is 0 Å². The van der Waals surface area contributed by atoms with E-state index in [-0.39, 0.29) is 11.7 Å². The molecule has 0 fully saturated rings. The van der Waals surface area contributed by atoms with Crippen LogP contribution in [0.1, 0.15) is 20.3 Å². The van der Waals surface area contributed by atoms with Crippen molar-refractivity contribution in [2.45, 2.75) is 20.3 Å². The average Bonchev–Trinajstić information content (AvgIpc) is 2.06. The predicted molar refractivity (Wildman–Crippen MR) is 45.9 cm³/mol. The maximum atomic E-state index is 11.2. The Hall–Kier alpha value is -1.26. The molecule has 0 spiro atoms. The van der Waals surface area contributed by atoms with E-state index in [1.165, 1.54) is 0 Å². The van der Waals surface area contributed by atoms with Crippen LogP contribution in [-0.2, 0) is 4.79 Å². The SMILES string of the molecule is CCNC(=O)C(CC)C(N)=NO. The maximum absolute atomic E-state index is 11.2. The van der Waals surface area contributed by atoms with Crippen molar-refractivity contribution in [2.75, 3.05) is 6.54 Å². The minimum absolute atomic E-state index is 0.0385. The molecule has 5 nitrogen and oxygen atoms in total. The Morgan fingerprint density at radius 2 is 2.25 bits per heavy atom. The summed E-state index contributed by atoms with van der Waals surface area (Å²) in [4.78, 5) is 11.2. The number of amidine groups is 1. The van der Waals surface area contributed by atoms with Gasteiger partial charge in [0.05, 0.1) is 5.92 Å². The van der Waals surface area contributed by atoms with Gasteiger partial charge in [-0.05, 0) is 13.3 Å². The molecular formula is C7H15N3O2. The Balaban J connectivity index is 4.24. The van der Waals surface area contributed by atoms with E-state index in [9.17, 15) is 4.79 Å². The molecule has 4 N–H and O–H groups in total. The molecule has 0 aromatic carbocycles. The third-order valence-electron chi connectivity index (χ3n) is 1.55. The Morgan fingerprint density at radius 1 is 1.67 bits per heavy atom. The summed E-state index contributed by atoms with van der Waals surface area (Å²) in [6, 6.07) is 0. The molecule has 0 aliphatic carbocycles. The molecule has 1 amide bonds. The van der Waals surface area contributed by atoms with E-state index in [0.29, 0.717) is 13.0 Å². The van der Waals surface area contributed by atoms with Gasteiger partial charge in [0.15, 0.2) is 5.84 Å². The van der Waals surface area contributed by atoms with Crippen LogP contribution in [0.3, 0.4) is 0 Å². The Labute approximate surface area is 71.6 Å². The van der Waals surface area contributed by atoms with Crippen LogP contribution in [0.25, 0.3) is 0 Å². The summed E-state index contributed by atoms with van der Waals surface area (Å²) in [5.74, 6) is -0.756. The van der Waals surface area contributed by atoms with Crippen molar-refractivity contribution >= 4 is 11.7 Å². The average molecular weight is 173 g/mol. The van der Waals surface area contributed by atoms with E-state index in [4.69, 9.17) is 10.9 Å². The van der Waals surface area contributed by atoms with Crippen LogP contribution >= 0.6 is 0 Å². The zero-order valence-electron chi connectivity index (χ0n) is 7.37. The van der Waals surface area contributed by atoms with Crippen LogP contribution in [0.2, 0.25) is 0 Å². The number of oxime groups is 1. The fourth-order valence-electron chi connectivity index (χ4n) is 0.896. The summed E-state index contributed by atoms with van der Waals surface area (Å²) in [5.41, 5.74) is 5.30. The topological polar surface area (TPSA) is 87.7 Å². The minimum Gasteiger partial charge on any atom is -0.409 e. The fourth-order valence-corrected chi connectivity index (χ4v) is 0.896. The summed E-state index contributed by atoms with van der Waals surface area (Å²) in [6.07, 6.45) is 0.529. The zero-order chi connectivity index (χ0) is 9.56. The summed E-state index contributed by atoms with van der Waals surface area (Å²) in [5, 5.41) is 13.7. The summed E-state index contributed by atoms with van der Waals surface area (Å²) < 4.78 is 0. The van der Waals surface area contributed by atoms with Crippen LogP contribution in [-0.4, -0.2) is 23.5 Å². The molecule has 1 unspecified atom stereocenters. The van der Waals surface area contributed by atoms with Crippen molar-refractivity contribution in [1.29, 1.82) is 0 Å². The second kappa shape index (κ2) is 5.40. The summed E-state index contributed by atoms with van der Waals surface area (Å²) >= 11 is 0. The molecule has 0 heterocycles. The zero-order valence-corrected chi connectivity index (χ0v) is 7.37. The third-order valence-corrected chi connectivity index (χ3v) is 1.55. The second-order valence-corrected chi connectivity index (χ2v) is 2.38. The lowest BCUT2D eigenvalue weighted by Crippen LogP contribution is -2.38. The van der Waals surface area contributed by atoms with Crippen LogP contribution < -0.4 is 11.1 Å². The van der Waals surface area contributed by atoms with Gasteiger partial charge in [-0.2, -0.15) is 0 Å². The number of amides is 1. The van der Waals surface area contributed by atoms with Crippen molar-refractivity contribution in [1.82, 2.24) is 5.32 Å². The number of nitrogens with one attached hydrogen (secondary N) is 1. The van der Waals surface area contributed by atoms with Gasteiger partial charge in [0.1, 0.15) is 0 Å². The van der Waals surface area contributed by atoms with E-state index in [1.807, 2.05) is 6.92 Å². The van der Waals surface area contributed by atoms with E-state index in [2.05, 4.69) is 10.5 Å². The molecule has 0 aliphatic rings. The van der Waals surface area contributed by atoms with Crippen LogP contribution in [0.15, 0.2) is 5.16 Å². The first-order chi connectivity index (χ1) is 5.67. The van der Waals surface area contributed by atoms with Gasteiger partial charge < -0.3 is 16.3 Å². The lowest BCUT2D eigenvalue weighted by molar-refractivity contribution is -0.123. The van der Waals surface area contributed by atoms with E-state index >= 15 is 0 Å². The minimum atomic E-state index is -0.519. The first-order valence-corrected chi connectivity index (χ1v) is 3.92. The first-order valence-electron chi connectivity index (χ1n) is 3.92. The van der Waals surface area contributed by atoms with Gasteiger partial charge in [0, 0.05) is 6.54 Å².